The molecule has 0 radical (unpaired) electrons. The first-order valence-electron chi connectivity index (χ1n) is 7.34. The lowest BCUT2D eigenvalue weighted by Crippen LogP contribution is -2.48. The highest BCUT2D eigenvalue weighted by atomic mass is 16.4. The number of urea groups is 1. The Morgan fingerprint density at radius 3 is 2.40 bits per heavy atom. The van der Waals surface area contributed by atoms with E-state index in [-0.39, 0.29) is 18.6 Å². The van der Waals surface area contributed by atoms with E-state index in [4.69, 9.17) is 5.11 Å². The smallest absolute Gasteiger partial charge is 0.315 e. The van der Waals surface area contributed by atoms with Gasteiger partial charge in [-0.3, -0.25) is 4.79 Å². The van der Waals surface area contributed by atoms with Crippen molar-refractivity contribution in [3.05, 3.63) is 0 Å². The summed E-state index contributed by atoms with van der Waals surface area (Å²) >= 11 is 0. The van der Waals surface area contributed by atoms with E-state index in [0.717, 1.165) is 25.9 Å². The molecule has 3 N–H and O–H groups in total. The zero-order chi connectivity index (χ0) is 15.1. The zero-order valence-corrected chi connectivity index (χ0v) is 12.7. The fourth-order valence-electron chi connectivity index (χ4n) is 2.45. The minimum atomic E-state index is -0.849. The lowest BCUT2D eigenvalue weighted by molar-refractivity contribution is -0.142. The van der Waals surface area contributed by atoms with Gasteiger partial charge in [-0.2, -0.15) is 0 Å². The number of nitrogens with one attached hydrogen (secondary N) is 2. The molecule has 0 saturated carbocycles. The Morgan fingerprint density at radius 1 is 1.30 bits per heavy atom. The minimum Gasteiger partial charge on any atom is -0.481 e. The van der Waals surface area contributed by atoms with Gasteiger partial charge in [-0.15, -0.1) is 0 Å². The lowest BCUT2D eigenvalue weighted by atomic mass is 9.97. The molecule has 1 aliphatic rings. The number of aliphatic carboxylic acids is 1. The topological polar surface area (TPSA) is 81.7 Å². The quantitative estimate of drug-likeness (QED) is 0.683. The molecule has 116 valence electrons. The maximum Gasteiger partial charge on any atom is 0.315 e. The Bertz CT molecular complexity index is 326. The first kappa shape index (κ1) is 16.8. The number of carboxylic acids is 1. The molecule has 1 unspecified atom stereocenters. The lowest BCUT2D eigenvalue weighted by Gasteiger charge is -2.29. The molecule has 1 saturated heterocycles. The molecule has 1 fully saturated rings. The maximum atomic E-state index is 11.8. The molecular weight excluding hydrogens is 258 g/mol. The Balaban J connectivity index is 2.29. The van der Waals surface area contributed by atoms with Crippen LogP contribution >= 0.6 is 0 Å². The number of amides is 2. The monoisotopic (exact) mass is 285 g/mol. The molecule has 2 amide bonds. The number of carbonyl (C=O) groups is 2. The van der Waals surface area contributed by atoms with Gasteiger partial charge in [-0.05, 0) is 45.3 Å². The zero-order valence-electron chi connectivity index (χ0n) is 12.7. The third-order valence-corrected chi connectivity index (χ3v) is 3.67. The van der Waals surface area contributed by atoms with E-state index in [1.807, 2.05) is 13.8 Å². The van der Waals surface area contributed by atoms with Crippen molar-refractivity contribution in [3.8, 4) is 0 Å². The molecule has 1 aliphatic heterocycles. The van der Waals surface area contributed by atoms with Crippen LogP contribution in [-0.2, 0) is 4.79 Å². The Labute approximate surface area is 120 Å². The fourth-order valence-corrected chi connectivity index (χ4v) is 2.45. The highest BCUT2D eigenvalue weighted by Crippen LogP contribution is 2.11. The second-order valence-corrected chi connectivity index (χ2v) is 6.10. The van der Waals surface area contributed by atoms with Gasteiger partial charge in [0.05, 0.1) is 5.92 Å². The summed E-state index contributed by atoms with van der Waals surface area (Å²) < 4.78 is 0. The molecule has 0 aliphatic carbocycles. The predicted molar refractivity (Wildman–Crippen MR) is 77.6 cm³/mol. The van der Waals surface area contributed by atoms with Crippen LogP contribution in [0.15, 0.2) is 0 Å². The van der Waals surface area contributed by atoms with Crippen LogP contribution in [-0.4, -0.2) is 54.7 Å². The Morgan fingerprint density at radius 2 is 1.90 bits per heavy atom. The van der Waals surface area contributed by atoms with Crippen molar-refractivity contribution in [2.75, 3.05) is 26.7 Å². The van der Waals surface area contributed by atoms with Crippen molar-refractivity contribution in [2.24, 2.45) is 11.8 Å². The van der Waals surface area contributed by atoms with Crippen LogP contribution in [0.2, 0.25) is 0 Å². The summed E-state index contributed by atoms with van der Waals surface area (Å²) in [6.45, 7) is 6.11. The van der Waals surface area contributed by atoms with Crippen LogP contribution in [0.1, 0.15) is 33.1 Å². The van der Waals surface area contributed by atoms with Gasteiger partial charge in [0.15, 0.2) is 0 Å². The molecule has 0 bridgehead atoms. The van der Waals surface area contributed by atoms with E-state index >= 15 is 0 Å². The van der Waals surface area contributed by atoms with Gasteiger partial charge >= 0.3 is 12.0 Å². The second kappa shape index (κ2) is 8.09. The normalized spacial score (nSPS) is 18.8. The maximum absolute atomic E-state index is 11.8. The number of carbonyl (C=O) groups excluding carboxylic acids is 1. The van der Waals surface area contributed by atoms with E-state index in [1.54, 1.807) is 0 Å². The summed E-state index contributed by atoms with van der Waals surface area (Å²) in [5, 5.41) is 14.7. The molecule has 20 heavy (non-hydrogen) atoms. The van der Waals surface area contributed by atoms with Crippen LogP contribution < -0.4 is 10.6 Å². The molecule has 1 atom stereocenters. The van der Waals surface area contributed by atoms with Gasteiger partial charge in [-0.25, -0.2) is 4.79 Å². The van der Waals surface area contributed by atoms with Gasteiger partial charge in [0.1, 0.15) is 0 Å². The summed E-state index contributed by atoms with van der Waals surface area (Å²) in [4.78, 5) is 25.1. The minimum absolute atomic E-state index is 0.186. The highest BCUT2D eigenvalue weighted by molar-refractivity contribution is 5.76. The average molecular weight is 285 g/mol. The third kappa shape index (κ3) is 6.23. The third-order valence-electron chi connectivity index (χ3n) is 3.67. The number of rotatable bonds is 6. The van der Waals surface area contributed by atoms with Crippen molar-refractivity contribution >= 4 is 12.0 Å². The SMILES string of the molecule is CC(C)CC(CNC(=O)NC1CCN(C)CC1)C(=O)O. The van der Waals surface area contributed by atoms with Gasteiger partial charge in [0.25, 0.3) is 0 Å². The molecule has 1 rings (SSSR count). The van der Waals surface area contributed by atoms with Crippen LogP contribution in [0.25, 0.3) is 0 Å². The fraction of sp³-hybridized carbons (Fsp3) is 0.857. The van der Waals surface area contributed by atoms with Crippen LogP contribution in [0, 0.1) is 11.8 Å². The molecule has 0 aromatic carbocycles. The Hall–Kier alpha value is -1.30. The number of hydrogen-bond donors (Lipinski definition) is 3. The summed E-state index contributed by atoms with van der Waals surface area (Å²) in [6.07, 6.45) is 2.46. The first-order chi connectivity index (χ1) is 9.38. The van der Waals surface area contributed by atoms with E-state index in [9.17, 15) is 9.59 Å². The standard InChI is InChI=1S/C14H27N3O3/c1-10(2)8-11(13(18)19)9-15-14(20)16-12-4-6-17(3)7-5-12/h10-12H,4-9H2,1-3H3,(H,18,19)(H2,15,16,20). The van der Waals surface area contributed by atoms with E-state index in [2.05, 4.69) is 22.6 Å². The van der Waals surface area contributed by atoms with E-state index < -0.39 is 11.9 Å². The van der Waals surface area contributed by atoms with E-state index in [0.29, 0.717) is 12.3 Å². The van der Waals surface area contributed by atoms with Crippen LogP contribution in [0.5, 0.6) is 0 Å². The molecule has 1 heterocycles. The summed E-state index contributed by atoms with van der Waals surface area (Å²) in [7, 11) is 2.07. The largest absolute Gasteiger partial charge is 0.481 e. The van der Waals surface area contributed by atoms with Crippen molar-refractivity contribution in [3.63, 3.8) is 0 Å². The highest BCUT2D eigenvalue weighted by Gasteiger charge is 2.21. The van der Waals surface area contributed by atoms with Gasteiger partial charge in [0, 0.05) is 12.6 Å². The number of carboxylic acid groups (broad SMARTS) is 1. The molecule has 6 heteroatoms. The number of nitrogens with zero attached hydrogens (tertiary/aromatic N) is 1. The number of piperidine rings is 1. The van der Waals surface area contributed by atoms with Gasteiger partial charge < -0.3 is 20.6 Å². The van der Waals surface area contributed by atoms with Crippen molar-refractivity contribution in [2.45, 2.75) is 39.2 Å². The Kier molecular flexibility index (Phi) is 6.78. The van der Waals surface area contributed by atoms with Gasteiger partial charge in [-0.1, -0.05) is 13.8 Å². The van der Waals surface area contributed by atoms with Crippen molar-refractivity contribution in [1.82, 2.24) is 15.5 Å². The molecule has 6 nitrogen and oxygen atoms in total. The molecular formula is C14H27N3O3. The van der Waals surface area contributed by atoms with E-state index in [1.165, 1.54) is 0 Å². The summed E-state index contributed by atoms with van der Waals surface area (Å²) in [5.74, 6) is -1.06. The van der Waals surface area contributed by atoms with Crippen LogP contribution in [0.4, 0.5) is 4.79 Å². The number of hydrogen-bond acceptors (Lipinski definition) is 3. The number of likely N-dealkylation sites (tertiary alicyclic amines) is 1. The second-order valence-electron chi connectivity index (χ2n) is 6.10. The van der Waals surface area contributed by atoms with Crippen molar-refractivity contribution in [1.29, 1.82) is 0 Å². The van der Waals surface area contributed by atoms with Crippen LogP contribution in [0.3, 0.4) is 0 Å². The summed E-state index contributed by atoms with van der Waals surface area (Å²) in [6, 6.07) is -0.0610. The molecule has 0 spiro atoms. The average Bonchev–Trinajstić information content (AvgIpc) is 2.36. The molecule has 0 aromatic rings. The van der Waals surface area contributed by atoms with Crippen molar-refractivity contribution < 1.29 is 14.7 Å². The first-order valence-corrected chi connectivity index (χ1v) is 7.34. The molecule has 0 aromatic heterocycles. The summed E-state index contributed by atoms with van der Waals surface area (Å²) in [5.41, 5.74) is 0. The van der Waals surface area contributed by atoms with Gasteiger partial charge in [0.2, 0.25) is 0 Å². The predicted octanol–water partition coefficient (Wildman–Crippen LogP) is 1.13.